The van der Waals surface area contributed by atoms with Gasteiger partial charge >= 0.3 is 12.0 Å². The van der Waals surface area contributed by atoms with Crippen molar-refractivity contribution in [2.24, 2.45) is 0 Å². The normalized spacial score (nSPS) is 18.1. The van der Waals surface area contributed by atoms with E-state index in [4.69, 9.17) is 9.84 Å². The zero-order chi connectivity index (χ0) is 15.7. The minimum absolute atomic E-state index is 0.110. The molecule has 1 rings (SSSR count). The maximum absolute atomic E-state index is 12.0. The Morgan fingerprint density at radius 3 is 2.71 bits per heavy atom. The van der Waals surface area contributed by atoms with Crippen molar-refractivity contribution in [1.29, 1.82) is 0 Å². The van der Waals surface area contributed by atoms with E-state index in [0.29, 0.717) is 19.7 Å². The van der Waals surface area contributed by atoms with Crippen LogP contribution in [0.25, 0.3) is 0 Å². The van der Waals surface area contributed by atoms with Crippen molar-refractivity contribution in [3.63, 3.8) is 0 Å². The first kappa shape index (κ1) is 17.2. The minimum Gasteiger partial charge on any atom is -0.481 e. The highest BCUT2D eigenvalue weighted by molar-refractivity contribution is 5.78. The number of nitrogens with zero attached hydrogens (tertiary/aromatic N) is 1. The average Bonchev–Trinajstić information content (AvgIpc) is 2.45. The summed E-state index contributed by atoms with van der Waals surface area (Å²) in [6.07, 6.45) is 0.923. The Balaban J connectivity index is 2.34. The number of ether oxygens (including phenoxy) is 1. The number of carbonyl (C=O) groups is 3. The number of carboxylic acids is 1. The van der Waals surface area contributed by atoms with Crippen LogP contribution in [0.1, 0.15) is 26.2 Å². The molecule has 1 aliphatic heterocycles. The minimum atomic E-state index is -0.970. The molecule has 0 aliphatic carbocycles. The summed E-state index contributed by atoms with van der Waals surface area (Å²) in [5.74, 6) is -1.08. The Labute approximate surface area is 123 Å². The van der Waals surface area contributed by atoms with Gasteiger partial charge in [0.15, 0.2) is 0 Å². The molecule has 0 radical (unpaired) electrons. The van der Waals surface area contributed by atoms with Crippen molar-refractivity contribution in [3.8, 4) is 0 Å². The van der Waals surface area contributed by atoms with Crippen molar-refractivity contribution in [3.05, 3.63) is 0 Å². The monoisotopic (exact) mass is 301 g/mol. The molecular weight excluding hydrogens is 278 g/mol. The van der Waals surface area contributed by atoms with Crippen LogP contribution in [0.5, 0.6) is 0 Å². The standard InChI is InChI=1S/C13H23N3O5/c1-2-4-14-11(17)3-5-15-13(20)16-6-7-21-9-10(16)8-12(18)19/h10H,2-9H2,1H3,(H,14,17)(H,15,20)(H,18,19). The van der Waals surface area contributed by atoms with Crippen LogP contribution in [-0.2, 0) is 14.3 Å². The summed E-state index contributed by atoms with van der Waals surface area (Å²) >= 11 is 0. The van der Waals surface area contributed by atoms with E-state index in [9.17, 15) is 14.4 Å². The summed E-state index contributed by atoms with van der Waals surface area (Å²) in [7, 11) is 0. The summed E-state index contributed by atoms with van der Waals surface area (Å²) < 4.78 is 5.20. The van der Waals surface area contributed by atoms with Gasteiger partial charge in [-0.2, -0.15) is 0 Å². The number of hydrogen-bond donors (Lipinski definition) is 3. The second kappa shape index (κ2) is 9.17. The molecule has 0 aromatic carbocycles. The van der Waals surface area contributed by atoms with Crippen molar-refractivity contribution in [1.82, 2.24) is 15.5 Å². The fraction of sp³-hybridized carbons (Fsp3) is 0.769. The topological polar surface area (TPSA) is 108 Å². The van der Waals surface area contributed by atoms with E-state index < -0.39 is 12.0 Å². The summed E-state index contributed by atoms with van der Waals surface area (Å²) in [6, 6.07) is -0.821. The Morgan fingerprint density at radius 1 is 1.29 bits per heavy atom. The molecule has 1 atom stereocenters. The zero-order valence-electron chi connectivity index (χ0n) is 12.3. The maximum atomic E-state index is 12.0. The number of carbonyl (C=O) groups excluding carboxylic acids is 2. The molecule has 1 heterocycles. The second-order valence-electron chi connectivity index (χ2n) is 4.85. The van der Waals surface area contributed by atoms with Gasteiger partial charge in [-0.15, -0.1) is 0 Å². The number of carboxylic acid groups (broad SMARTS) is 1. The number of aliphatic carboxylic acids is 1. The number of morpholine rings is 1. The van der Waals surface area contributed by atoms with E-state index >= 15 is 0 Å². The van der Waals surface area contributed by atoms with Gasteiger partial charge in [-0.1, -0.05) is 6.92 Å². The molecular formula is C13H23N3O5. The summed E-state index contributed by atoms with van der Waals surface area (Å²) in [5.41, 5.74) is 0. The smallest absolute Gasteiger partial charge is 0.317 e. The number of nitrogens with one attached hydrogen (secondary N) is 2. The van der Waals surface area contributed by atoms with Gasteiger partial charge in [0.05, 0.1) is 25.7 Å². The highest BCUT2D eigenvalue weighted by Crippen LogP contribution is 2.10. The Morgan fingerprint density at radius 2 is 2.05 bits per heavy atom. The molecule has 0 spiro atoms. The first-order valence-corrected chi connectivity index (χ1v) is 7.15. The molecule has 1 unspecified atom stereocenters. The average molecular weight is 301 g/mol. The van der Waals surface area contributed by atoms with E-state index in [1.165, 1.54) is 4.90 Å². The van der Waals surface area contributed by atoms with Gasteiger partial charge in [0, 0.05) is 26.1 Å². The lowest BCUT2D eigenvalue weighted by molar-refractivity contribution is -0.139. The third-order valence-electron chi connectivity index (χ3n) is 3.10. The van der Waals surface area contributed by atoms with Crippen LogP contribution in [0, 0.1) is 0 Å². The molecule has 8 heteroatoms. The molecule has 0 bridgehead atoms. The number of hydrogen-bond acceptors (Lipinski definition) is 4. The van der Waals surface area contributed by atoms with Crippen LogP contribution >= 0.6 is 0 Å². The number of rotatable bonds is 7. The molecule has 0 aromatic rings. The van der Waals surface area contributed by atoms with Crippen molar-refractivity contribution < 1.29 is 24.2 Å². The lowest BCUT2D eigenvalue weighted by atomic mass is 10.1. The van der Waals surface area contributed by atoms with Gasteiger partial charge in [-0.3, -0.25) is 9.59 Å². The zero-order valence-corrected chi connectivity index (χ0v) is 12.3. The maximum Gasteiger partial charge on any atom is 0.317 e. The SMILES string of the molecule is CCCNC(=O)CCNC(=O)N1CCOCC1CC(=O)O. The largest absolute Gasteiger partial charge is 0.481 e. The molecule has 3 amide bonds. The molecule has 1 aliphatic rings. The highest BCUT2D eigenvalue weighted by atomic mass is 16.5. The molecule has 21 heavy (non-hydrogen) atoms. The Kier molecular flexibility index (Phi) is 7.52. The summed E-state index contributed by atoms with van der Waals surface area (Å²) in [4.78, 5) is 35.6. The molecule has 0 saturated carbocycles. The number of amides is 3. The van der Waals surface area contributed by atoms with Crippen LogP contribution in [0.3, 0.4) is 0 Å². The predicted octanol–water partition coefficient (Wildman–Crippen LogP) is -0.212. The van der Waals surface area contributed by atoms with E-state index in [1.54, 1.807) is 0 Å². The van der Waals surface area contributed by atoms with Gasteiger partial charge in [-0.05, 0) is 6.42 Å². The van der Waals surface area contributed by atoms with Crippen molar-refractivity contribution >= 4 is 17.9 Å². The molecule has 8 nitrogen and oxygen atoms in total. The predicted molar refractivity (Wildman–Crippen MR) is 74.9 cm³/mol. The first-order valence-electron chi connectivity index (χ1n) is 7.15. The van der Waals surface area contributed by atoms with Crippen LogP contribution in [0.4, 0.5) is 4.79 Å². The third kappa shape index (κ3) is 6.44. The lowest BCUT2D eigenvalue weighted by Gasteiger charge is -2.34. The molecule has 3 N–H and O–H groups in total. The van der Waals surface area contributed by atoms with Gasteiger partial charge in [0.25, 0.3) is 0 Å². The van der Waals surface area contributed by atoms with Gasteiger partial charge in [-0.25, -0.2) is 4.79 Å². The Bertz CT molecular complexity index is 375. The summed E-state index contributed by atoms with van der Waals surface area (Å²) in [5, 5.41) is 14.2. The molecule has 120 valence electrons. The van der Waals surface area contributed by atoms with Crippen LogP contribution in [0.2, 0.25) is 0 Å². The van der Waals surface area contributed by atoms with E-state index in [0.717, 1.165) is 6.42 Å². The third-order valence-corrected chi connectivity index (χ3v) is 3.10. The first-order chi connectivity index (χ1) is 10.0. The fourth-order valence-corrected chi connectivity index (χ4v) is 2.03. The molecule has 1 saturated heterocycles. The number of urea groups is 1. The van der Waals surface area contributed by atoms with Crippen LogP contribution in [-0.4, -0.2) is 66.8 Å². The fourth-order valence-electron chi connectivity index (χ4n) is 2.03. The van der Waals surface area contributed by atoms with Gasteiger partial charge in [0.1, 0.15) is 0 Å². The van der Waals surface area contributed by atoms with E-state index in [-0.39, 0.29) is 37.9 Å². The van der Waals surface area contributed by atoms with Crippen LogP contribution in [0.15, 0.2) is 0 Å². The van der Waals surface area contributed by atoms with Gasteiger partial charge in [0.2, 0.25) is 5.91 Å². The molecule has 1 fully saturated rings. The lowest BCUT2D eigenvalue weighted by Crippen LogP contribution is -2.53. The van der Waals surface area contributed by atoms with Crippen molar-refractivity contribution in [2.75, 3.05) is 32.8 Å². The highest BCUT2D eigenvalue weighted by Gasteiger charge is 2.28. The molecule has 0 aromatic heterocycles. The van der Waals surface area contributed by atoms with Crippen molar-refractivity contribution in [2.45, 2.75) is 32.2 Å². The van der Waals surface area contributed by atoms with E-state index in [1.807, 2.05) is 6.92 Å². The van der Waals surface area contributed by atoms with Crippen LogP contribution < -0.4 is 10.6 Å². The van der Waals surface area contributed by atoms with Gasteiger partial charge < -0.3 is 25.4 Å². The summed E-state index contributed by atoms with van der Waals surface area (Å²) in [6.45, 7) is 3.77. The van der Waals surface area contributed by atoms with E-state index in [2.05, 4.69) is 10.6 Å². The quantitative estimate of drug-likeness (QED) is 0.603. The second-order valence-corrected chi connectivity index (χ2v) is 4.85. The Hall–Kier alpha value is -1.83.